The first-order valence-corrected chi connectivity index (χ1v) is 8.73. The van der Waals surface area contributed by atoms with Gasteiger partial charge in [-0.1, -0.05) is 18.2 Å². The summed E-state index contributed by atoms with van der Waals surface area (Å²) < 4.78 is 28.4. The van der Waals surface area contributed by atoms with Crippen molar-refractivity contribution in [1.29, 1.82) is 5.26 Å². The molecule has 6 heteroatoms. The summed E-state index contributed by atoms with van der Waals surface area (Å²) in [6.07, 6.45) is 2.95. The second-order valence-electron chi connectivity index (χ2n) is 6.07. The third kappa shape index (κ3) is 2.82. The third-order valence-corrected chi connectivity index (χ3v) is 6.17. The normalized spacial score (nSPS) is 28.2. The fraction of sp³-hybridized carbons (Fsp3) is 0.533. The standard InChI is InChI=1S/C15H19N3O2S/c16-8-6-13-3-1-2-4-14(13)21(19,20)18-15-7-5-12(9-15)10-17-11-15/h1-4,12,17-18H,5-7,9-11H2. The average molecular weight is 305 g/mol. The lowest BCUT2D eigenvalue weighted by molar-refractivity contribution is 0.303. The highest BCUT2D eigenvalue weighted by atomic mass is 32.2. The number of sulfonamides is 1. The summed E-state index contributed by atoms with van der Waals surface area (Å²) in [6, 6.07) is 8.77. The molecule has 0 spiro atoms. The van der Waals surface area contributed by atoms with Crippen molar-refractivity contribution in [2.45, 2.75) is 36.1 Å². The molecule has 21 heavy (non-hydrogen) atoms. The van der Waals surface area contributed by atoms with Gasteiger partial charge in [-0.3, -0.25) is 0 Å². The molecule has 2 atom stereocenters. The van der Waals surface area contributed by atoms with Gasteiger partial charge in [-0.25, -0.2) is 13.1 Å². The summed E-state index contributed by atoms with van der Waals surface area (Å²) in [4.78, 5) is 0.231. The lowest BCUT2D eigenvalue weighted by Gasteiger charge is -2.34. The Labute approximate surface area is 125 Å². The van der Waals surface area contributed by atoms with E-state index in [1.54, 1.807) is 24.3 Å². The highest BCUT2D eigenvalue weighted by Crippen LogP contribution is 2.38. The van der Waals surface area contributed by atoms with Crippen molar-refractivity contribution in [1.82, 2.24) is 10.0 Å². The lowest BCUT2D eigenvalue weighted by Crippen LogP contribution is -2.55. The van der Waals surface area contributed by atoms with Crippen LogP contribution in [0.15, 0.2) is 29.2 Å². The number of hydrogen-bond acceptors (Lipinski definition) is 4. The first kappa shape index (κ1) is 14.5. The van der Waals surface area contributed by atoms with Crippen molar-refractivity contribution in [3.63, 3.8) is 0 Å². The molecule has 1 aromatic carbocycles. The number of nitrogens with one attached hydrogen (secondary N) is 2. The van der Waals surface area contributed by atoms with Crippen molar-refractivity contribution in [2.24, 2.45) is 5.92 Å². The highest BCUT2D eigenvalue weighted by molar-refractivity contribution is 7.89. The summed E-state index contributed by atoms with van der Waals surface area (Å²) in [7, 11) is -3.60. The van der Waals surface area contributed by atoms with E-state index in [4.69, 9.17) is 5.26 Å². The summed E-state index contributed by atoms with van der Waals surface area (Å²) in [6.45, 7) is 1.66. The Hall–Kier alpha value is -1.42. The maximum atomic E-state index is 12.7. The van der Waals surface area contributed by atoms with Crippen LogP contribution in [0.5, 0.6) is 0 Å². The van der Waals surface area contributed by atoms with E-state index in [9.17, 15) is 8.42 Å². The summed E-state index contributed by atoms with van der Waals surface area (Å²) >= 11 is 0. The van der Waals surface area contributed by atoms with Crippen LogP contribution in [0.4, 0.5) is 0 Å². The van der Waals surface area contributed by atoms with Gasteiger partial charge < -0.3 is 5.32 Å². The first-order chi connectivity index (χ1) is 10.0. The van der Waals surface area contributed by atoms with E-state index in [0.29, 0.717) is 18.0 Å². The summed E-state index contributed by atoms with van der Waals surface area (Å²) in [5.41, 5.74) is 0.198. The second kappa shape index (κ2) is 5.41. The van der Waals surface area contributed by atoms with Crippen LogP contribution in [0.2, 0.25) is 0 Å². The largest absolute Gasteiger partial charge is 0.315 e. The molecular formula is C15H19N3O2S. The van der Waals surface area contributed by atoms with Gasteiger partial charge in [0.2, 0.25) is 10.0 Å². The summed E-state index contributed by atoms with van der Waals surface area (Å²) in [5.74, 6) is 0.566. The van der Waals surface area contributed by atoms with E-state index in [1.165, 1.54) is 0 Å². The molecule has 2 bridgehead atoms. The molecule has 5 nitrogen and oxygen atoms in total. The van der Waals surface area contributed by atoms with E-state index in [1.807, 2.05) is 6.07 Å². The average Bonchev–Trinajstić information content (AvgIpc) is 2.73. The molecule has 2 aliphatic rings. The molecule has 1 saturated heterocycles. The molecule has 1 aliphatic carbocycles. The van der Waals surface area contributed by atoms with Gasteiger partial charge >= 0.3 is 0 Å². The molecule has 0 aromatic heterocycles. The van der Waals surface area contributed by atoms with Gasteiger partial charge in [0.05, 0.1) is 17.4 Å². The molecule has 2 fully saturated rings. The van der Waals surface area contributed by atoms with Crippen LogP contribution in [0.1, 0.15) is 24.8 Å². The SMILES string of the molecule is N#CCc1ccccc1S(=O)(=O)NC12CCC(CNC1)C2. The van der Waals surface area contributed by atoms with Crippen LogP contribution in [0, 0.1) is 17.2 Å². The third-order valence-electron chi connectivity index (χ3n) is 4.49. The topological polar surface area (TPSA) is 82.0 Å². The van der Waals surface area contributed by atoms with Crippen LogP contribution in [-0.2, 0) is 16.4 Å². The van der Waals surface area contributed by atoms with Crippen LogP contribution in [0.3, 0.4) is 0 Å². The molecule has 2 N–H and O–H groups in total. The smallest absolute Gasteiger partial charge is 0.241 e. The molecule has 0 amide bonds. The minimum atomic E-state index is -3.60. The van der Waals surface area contributed by atoms with Gasteiger partial charge in [0, 0.05) is 12.1 Å². The van der Waals surface area contributed by atoms with Gasteiger partial charge in [0.15, 0.2) is 0 Å². The maximum absolute atomic E-state index is 12.7. The number of hydrogen-bond donors (Lipinski definition) is 2. The van der Waals surface area contributed by atoms with Crippen LogP contribution >= 0.6 is 0 Å². The molecule has 0 radical (unpaired) electrons. The van der Waals surface area contributed by atoms with E-state index in [-0.39, 0.29) is 16.9 Å². The predicted octanol–water partition coefficient (Wildman–Crippen LogP) is 1.17. The maximum Gasteiger partial charge on any atom is 0.241 e. The van der Waals surface area contributed by atoms with Crippen molar-refractivity contribution in [2.75, 3.05) is 13.1 Å². The Morgan fingerprint density at radius 3 is 3.05 bits per heavy atom. The van der Waals surface area contributed by atoms with Crippen molar-refractivity contribution in [3.05, 3.63) is 29.8 Å². The van der Waals surface area contributed by atoms with Gasteiger partial charge in [0.25, 0.3) is 0 Å². The second-order valence-corrected chi connectivity index (χ2v) is 7.72. The van der Waals surface area contributed by atoms with Crippen LogP contribution < -0.4 is 10.0 Å². The molecule has 2 unspecified atom stereocenters. The van der Waals surface area contributed by atoms with Crippen LogP contribution in [-0.4, -0.2) is 27.0 Å². The van der Waals surface area contributed by atoms with Gasteiger partial charge in [-0.15, -0.1) is 0 Å². The zero-order valence-corrected chi connectivity index (χ0v) is 12.6. The molecular weight excluding hydrogens is 286 g/mol. The minimum Gasteiger partial charge on any atom is -0.315 e. The Morgan fingerprint density at radius 1 is 1.43 bits per heavy atom. The Bertz CT molecular complexity index is 676. The van der Waals surface area contributed by atoms with E-state index in [0.717, 1.165) is 25.8 Å². The van der Waals surface area contributed by atoms with E-state index < -0.39 is 10.0 Å². The van der Waals surface area contributed by atoms with Gasteiger partial charge in [0.1, 0.15) is 0 Å². The molecule has 112 valence electrons. The van der Waals surface area contributed by atoms with Gasteiger partial charge in [-0.05, 0) is 43.4 Å². The molecule has 1 saturated carbocycles. The number of piperidine rings is 1. The fourth-order valence-corrected chi connectivity index (χ4v) is 5.23. The van der Waals surface area contributed by atoms with E-state index in [2.05, 4.69) is 10.0 Å². The number of nitrogens with zero attached hydrogens (tertiary/aromatic N) is 1. The molecule has 3 rings (SSSR count). The Kier molecular flexibility index (Phi) is 3.74. The number of benzene rings is 1. The monoisotopic (exact) mass is 305 g/mol. The van der Waals surface area contributed by atoms with Gasteiger partial charge in [-0.2, -0.15) is 5.26 Å². The van der Waals surface area contributed by atoms with E-state index >= 15 is 0 Å². The fourth-order valence-electron chi connectivity index (χ4n) is 3.55. The molecule has 1 aliphatic heterocycles. The number of rotatable bonds is 4. The Morgan fingerprint density at radius 2 is 2.24 bits per heavy atom. The highest BCUT2D eigenvalue weighted by Gasteiger charge is 2.44. The number of nitriles is 1. The number of fused-ring (bicyclic) bond motifs is 2. The quantitative estimate of drug-likeness (QED) is 0.875. The van der Waals surface area contributed by atoms with Crippen molar-refractivity contribution < 1.29 is 8.42 Å². The Balaban J connectivity index is 1.90. The molecule has 1 heterocycles. The zero-order valence-electron chi connectivity index (χ0n) is 11.8. The minimum absolute atomic E-state index is 0.102. The zero-order chi connectivity index (χ0) is 14.9. The van der Waals surface area contributed by atoms with Crippen molar-refractivity contribution >= 4 is 10.0 Å². The first-order valence-electron chi connectivity index (χ1n) is 7.24. The predicted molar refractivity (Wildman–Crippen MR) is 79.0 cm³/mol. The van der Waals surface area contributed by atoms with Crippen molar-refractivity contribution in [3.8, 4) is 6.07 Å². The van der Waals surface area contributed by atoms with Crippen LogP contribution in [0.25, 0.3) is 0 Å². The lowest BCUT2D eigenvalue weighted by atomic mass is 9.94. The molecule has 1 aromatic rings. The summed E-state index contributed by atoms with van der Waals surface area (Å²) in [5, 5.41) is 12.2.